The van der Waals surface area contributed by atoms with Gasteiger partial charge in [0.2, 0.25) is 5.75 Å². The molecule has 3 rings (SSSR count). The smallest absolute Gasteiger partial charge is 0.433 e. The van der Waals surface area contributed by atoms with Crippen molar-refractivity contribution < 1.29 is 17.7 Å². The summed E-state index contributed by atoms with van der Waals surface area (Å²) in [5, 5.41) is 2.17. The molecule has 2 heterocycles. The number of aryl methyl sites for hydroxylation is 1. The fraction of sp³-hybridized carbons (Fsp3) is 0.200. The molecule has 0 saturated heterocycles. The molecule has 0 aliphatic heterocycles. The van der Waals surface area contributed by atoms with E-state index in [9.17, 15) is 22.5 Å². The summed E-state index contributed by atoms with van der Waals surface area (Å²) in [5.41, 5.74) is 0.480. The molecule has 0 spiro atoms. The Hall–Kier alpha value is -1.84. The minimum absolute atomic E-state index is 0.0575. The van der Waals surface area contributed by atoms with Crippen LogP contribution in [-0.2, 0) is 11.2 Å². The predicted octanol–water partition coefficient (Wildman–Crippen LogP) is 3.43. The summed E-state index contributed by atoms with van der Waals surface area (Å²) in [6, 6.07) is 6.12. The second kappa shape index (κ2) is 6.23. The Balaban J connectivity index is 2.07. The minimum Gasteiger partial charge on any atom is -0.611 e. The fourth-order valence-electron chi connectivity index (χ4n) is 2.25. The number of fused-ring (bicyclic) bond motifs is 1. The highest BCUT2D eigenvalue weighted by Crippen LogP contribution is 2.26. The largest absolute Gasteiger partial charge is 0.611 e. The SMILES string of the molecule is Cc1ccc(-n2cnc3sccc3c2=O)cc1[S+]([O-])CC(F)(F)F. The number of rotatable bonds is 3. The molecule has 0 saturated carbocycles. The van der Waals surface area contributed by atoms with Crippen LogP contribution in [0, 0.1) is 6.92 Å². The molecule has 126 valence electrons. The van der Waals surface area contributed by atoms with Crippen LogP contribution in [0.2, 0.25) is 0 Å². The maximum absolute atomic E-state index is 12.5. The van der Waals surface area contributed by atoms with E-state index in [0.29, 0.717) is 21.5 Å². The Labute approximate surface area is 141 Å². The Bertz CT molecular complexity index is 950. The van der Waals surface area contributed by atoms with Gasteiger partial charge in [-0.1, -0.05) is 6.07 Å². The van der Waals surface area contributed by atoms with Crippen molar-refractivity contribution in [3.05, 3.63) is 51.9 Å². The summed E-state index contributed by atoms with van der Waals surface area (Å²) >= 11 is -0.909. The predicted molar refractivity (Wildman–Crippen MR) is 87.3 cm³/mol. The summed E-state index contributed by atoms with van der Waals surface area (Å²) in [4.78, 5) is 17.3. The first kappa shape index (κ1) is 17.0. The number of alkyl halides is 3. The molecular formula is C15H11F3N2O2S2. The van der Waals surface area contributed by atoms with Crippen LogP contribution in [0.4, 0.5) is 13.2 Å². The number of hydrogen-bond donors (Lipinski definition) is 0. The number of thiophene rings is 1. The van der Waals surface area contributed by atoms with Gasteiger partial charge >= 0.3 is 6.18 Å². The van der Waals surface area contributed by atoms with Crippen molar-refractivity contribution in [3.63, 3.8) is 0 Å². The van der Waals surface area contributed by atoms with E-state index in [-0.39, 0.29) is 10.5 Å². The molecule has 4 nitrogen and oxygen atoms in total. The Morgan fingerprint density at radius 1 is 1.33 bits per heavy atom. The fourth-order valence-corrected chi connectivity index (χ4v) is 4.11. The van der Waals surface area contributed by atoms with Crippen LogP contribution in [0.15, 0.2) is 45.7 Å². The van der Waals surface area contributed by atoms with Crippen molar-refractivity contribution in [2.24, 2.45) is 0 Å². The zero-order chi connectivity index (χ0) is 17.5. The zero-order valence-corrected chi connectivity index (χ0v) is 14.0. The molecule has 0 N–H and O–H groups in total. The van der Waals surface area contributed by atoms with Crippen LogP contribution in [-0.4, -0.2) is 26.0 Å². The van der Waals surface area contributed by atoms with Gasteiger partial charge in [-0.05, 0) is 35.6 Å². The molecule has 0 aliphatic rings. The van der Waals surface area contributed by atoms with E-state index in [0.717, 1.165) is 0 Å². The molecule has 2 aromatic heterocycles. The number of nitrogens with zero attached hydrogens (tertiary/aromatic N) is 2. The molecular weight excluding hydrogens is 361 g/mol. The standard InChI is InChI=1S/C15H11F3N2O2S2/c1-9-2-3-10(6-12(9)24(22)7-15(16,17)18)20-8-19-13-11(14(20)21)4-5-23-13/h2-6,8H,7H2,1H3. The molecule has 3 aromatic rings. The monoisotopic (exact) mass is 372 g/mol. The van der Waals surface area contributed by atoms with E-state index in [1.807, 2.05) is 0 Å². The minimum atomic E-state index is -4.53. The lowest BCUT2D eigenvalue weighted by Crippen LogP contribution is -2.24. The molecule has 0 bridgehead atoms. The van der Waals surface area contributed by atoms with E-state index in [1.54, 1.807) is 30.5 Å². The van der Waals surface area contributed by atoms with Crippen molar-refractivity contribution in [1.82, 2.24) is 9.55 Å². The molecule has 0 aliphatic carbocycles. The maximum Gasteiger partial charge on any atom is 0.433 e. The van der Waals surface area contributed by atoms with E-state index in [4.69, 9.17) is 0 Å². The molecule has 9 heteroatoms. The summed E-state index contributed by atoms with van der Waals surface area (Å²) in [5.74, 6) is -1.42. The Kier molecular flexibility index (Phi) is 4.41. The second-order valence-corrected chi connectivity index (χ2v) is 7.43. The average Bonchev–Trinajstić information content (AvgIpc) is 2.96. The van der Waals surface area contributed by atoms with Crippen LogP contribution in [0.1, 0.15) is 5.56 Å². The summed E-state index contributed by atoms with van der Waals surface area (Å²) in [7, 11) is 0. The van der Waals surface area contributed by atoms with Crippen molar-refractivity contribution in [2.45, 2.75) is 18.0 Å². The van der Waals surface area contributed by atoms with E-state index in [1.165, 1.54) is 28.3 Å². The quantitative estimate of drug-likeness (QED) is 0.662. The number of aromatic nitrogens is 2. The molecule has 0 fully saturated rings. The van der Waals surface area contributed by atoms with Crippen molar-refractivity contribution >= 4 is 32.7 Å². The van der Waals surface area contributed by atoms with Crippen LogP contribution in [0.25, 0.3) is 15.9 Å². The van der Waals surface area contributed by atoms with E-state index in [2.05, 4.69) is 4.98 Å². The number of benzene rings is 1. The molecule has 0 radical (unpaired) electrons. The highest BCUT2D eigenvalue weighted by atomic mass is 32.2. The van der Waals surface area contributed by atoms with Crippen LogP contribution in [0.3, 0.4) is 0 Å². The van der Waals surface area contributed by atoms with Gasteiger partial charge in [-0.3, -0.25) is 9.36 Å². The van der Waals surface area contributed by atoms with Gasteiger partial charge in [0.15, 0.2) is 4.90 Å². The molecule has 0 amide bonds. The van der Waals surface area contributed by atoms with Crippen molar-refractivity contribution in [1.29, 1.82) is 0 Å². The van der Waals surface area contributed by atoms with Crippen molar-refractivity contribution in [3.8, 4) is 5.69 Å². The normalized spacial score (nSPS) is 13.4. The second-order valence-electron chi connectivity index (χ2n) is 5.11. The maximum atomic E-state index is 12.5. The summed E-state index contributed by atoms with van der Waals surface area (Å²) < 4.78 is 50.7. The van der Waals surface area contributed by atoms with Crippen LogP contribution in [0.5, 0.6) is 0 Å². The van der Waals surface area contributed by atoms with Gasteiger partial charge in [0.25, 0.3) is 5.56 Å². The number of hydrogen-bond acceptors (Lipinski definition) is 4. The van der Waals surface area contributed by atoms with Crippen LogP contribution >= 0.6 is 11.3 Å². The highest BCUT2D eigenvalue weighted by molar-refractivity contribution is 7.91. The van der Waals surface area contributed by atoms with Crippen LogP contribution < -0.4 is 5.56 Å². The third kappa shape index (κ3) is 3.33. The third-order valence-corrected chi connectivity index (χ3v) is 5.72. The lowest BCUT2D eigenvalue weighted by Gasteiger charge is -2.15. The summed E-state index contributed by atoms with van der Waals surface area (Å²) in [6.07, 6.45) is -3.20. The molecule has 1 unspecified atom stereocenters. The zero-order valence-electron chi connectivity index (χ0n) is 12.3. The molecule has 24 heavy (non-hydrogen) atoms. The van der Waals surface area contributed by atoms with Gasteiger partial charge in [-0.25, -0.2) is 4.98 Å². The Morgan fingerprint density at radius 3 is 2.79 bits per heavy atom. The lowest BCUT2D eigenvalue weighted by atomic mass is 10.2. The van der Waals surface area contributed by atoms with E-state index >= 15 is 0 Å². The van der Waals surface area contributed by atoms with Gasteiger partial charge in [0.1, 0.15) is 11.2 Å². The van der Waals surface area contributed by atoms with E-state index < -0.39 is 23.1 Å². The van der Waals surface area contributed by atoms with Gasteiger partial charge in [-0.15, -0.1) is 11.3 Å². The molecule has 1 atom stereocenters. The van der Waals surface area contributed by atoms with Gasteiger partial charge < -0.3 is 4.55 Å². The van der Waals surface area contributed by atoms with Gasteiger partial charge in [0.05, 0.1) is 11.1 Å². The third-order valence-electron chi connectivity index (χ3n) is 3.37. The number of halogens is 3. The van der Waals surface area contributed by atoms with Crippen molar-refractivity contribution in [2.75, 3.05) is 5.75 Å². The van der Waals surface area contributed by atoms with Gasteiger partial charge in [0, 0.05) is 11.6 Å². The first-order valence-electron chi connectivity index (χ1n) is 6.77. The lowest BCUT2D eigenvalue weighted by molar-refractivity contribution is -0.106. The average molecular weight is 372 g/mol. The first-order valence-corrected chi connectivity index (χ1v) is 8.97. The first-order chi connectivity index (χ1) is 11.3. The Morgan fingerprint density at radius 2 is 2.08 bits per heavy atom. The highest BCUT2D eigenvalue weighted by Gasteiger charge is 2.36. The molecule has 1 aromatic carbocycles. The topological polar surface area (TPSA) is 58.0 Å². The summed E-state index contributed by atoms with van der Waals surface area (Å²) in [6.45, 7) is 1.58. The van der Waals surface area contributed by atoms with Gasteiger partial charge in [-0.2, -0.15) is 13.2 Å².